The average Bonchev–Trinajstić information content (AvgIpc) is 2.47. The van der Waals surface area contributed by atoms with Crippen LogP contribution in [0.25, 0.3) is 0 Å². The standard InChI is InChI=1S/C15H12F2O5S/c16-15(17,14(19)20)9-10-1-5-12(6-2-10)23(21,22)13-7-3-11(18)4-8-13/h1-8,18H,9H2,(H,19,20). The largest absolute Gasteiger partial charge is 0.508 e. The molecule has 0 aliphatic rings. The second kappa shape index (κ2) is 5.96. The maximum atomic E-state index is 13.1. The Morgan fingerprint density at radius 3 is 1.83 bits per heavy atom. The van der Waals surface area contributed by atoms with Gasteiger partial charge in [-0.2, -0.15) is 8.78 Å². The van der Waals surface area contributed by atoms with Crippen molar-refractivity contribution in [3.8, 4) is 5.75 Å². The molecular formula is C15H12F2O5S. The maximum Gasteiger partial charge on any atom is 0.374 e. The highest BCUT2D eigenvalue weighted by Gasteiger charge is 2.38. The topological polar surface area (TPSA) is 91.7 Å². The highest BCUT2D eigenvalue weighted by atomic mass is 32.2. The molecule has 0 spiro atoms. The first-order valence-corrected chi connectivity index (χ1v) is 7.85. The lowest BCUT2D eigenvalue weighted by atomic mass is 10.1. The normalized spacial score (nSPS) is 12.1. The molecule has 2 aromatic carbocycles. The Kier molecular flexibility index (Phi) is 4.37. The fraction of sp³-hybridized carbons (Fsp3) is 0.133. The predicted molar refractivity (Wildman–Crippen MR) is 76.3 cm³/mol. The van der Waals surface area contributed by atoms with Gasteiger partial charge in [0.05, 0.1) is 9.79 Å². The molecule has 0 heterocycles. The van der Waals surface area contributed by atoms with Gasteiger partial charge in [-0.15, -0.1) is 0 Å². The quantitative estimate of drug-likeness (QED) is 0.871. The molecule has 2 N–H and O–H groups in total. The monoisotopic (exact) mass is 342 g/mol. The number of phenols is 1. The molecule has 0 fully saturated rings. The summed E-state index contributed by atoms with van der Waals surface area (Å²) in [5.74, 6) is -6.24. The number of hydrogen-bond acceptors (Lipinski definition) is 4. The molecule has 0 atom stereocenters. The van der Waals surface area contributed by atoms with Crippen molar-refractivity contribution in [2.75, 3.05) is 0 Å². The summed E-state index contributed by atoms with van der Waals surface area (Å²) in [5.41, 5.74) is 0.00190. The van der Waals surface area contributed by atoms with Crippen LogP contribution in [0.2, 0.25) is 0 Å². The van der Waals surface area contributed by atoms with E-state index in [2.05, 4.69) is 0 Å². The van der Waals surface area contributed by atoms with Crippen molar-refractivity contribution in [1.29, 1.82) is 0 Å². The van der Waals surface area contributed by atoms with E-state index in [1.165, 1.54) is 24.3 Å². The third-order valence-electron chi connectivity index (χ3n) is 3.12. The van der Waals surface area contributed by atoms with Crippen LogP contribution in [0, 0.1) is 0 Å². The Morgan fingerprint density at radius 2 is 1.39 bits per heavy atom. The summed E-state index contributed by atoms with van der Waals surface area (Å²) in [7, 11) is -3.85. The second-order valence-electron chi connectivity index (χ2n) is 4.83. The lowest BCUT2D eigenvalue weighted by Crippen LogP contribution is -2.30. The second-order valence-corrected chi connectivity index (χ2v) is 6.78. The highest BCUT2D eigenvalue weighted by molar-refractivity contribution is 7.91. The Labute approximate surface area is 130 Å². The molecule has 122 valence electrons. The molecule has 0 radical (unpaired) electrons. The number of halogens is 2. The molecule has 0 saturated heterocycles. The van der Waals surface area contributed by atoms with E-state index in [9.17, 15) is 22.0 Å². The molecule has 5 nitrogen and oxygen atoms in total. The summed E-state index contributed by atoms with van der Waals surface area (Å²) in [4.78, 5) is 10.2. The summed E-state index contributed by atoms with van der Waals surface area (Å²) >= 11 is 0. The molecular weight excluding hydrogens is 330 g/mol. The first kappa shape index (κ1) is 16.9. The van der Waals surface area contributed by atoms with Gasteiger partial charge < -0.3 is 10.2 Å². The highest BCUT2D eigenvalue weighted by Crippen LogP contribution is 2.25. The molecule has 0 aliphatic heterocycles. The number of phenolic OH excluding ortho intramolecular Hbond substituents is 1. The Bertz CT molecular complexity index is 812. The fourth-order valence-electron chi connectivity index (χ4n) is 1.88. The third kappa shape index (κ3) is 3.65. The lowest BCUT2D eigenvalue weighted by Gasteiger charge is -2.11. The molecule has 0 amide bonds. The van der Waals surface area contributed by atoms with Crippen LogP contribution >= 0.6 is 0 Å². The summed E-state index contributed by atoms with van der Waals surface area (Å²) in [5, 5.41) is 17.6. The van der Waals surface area contributed by atoms with Gasteiger partial charge >= 0.3 is 11.9 Å². The Hall–Kier alpha value is -2.48. The Balaban J connectivity index is 2.29. The van der Waals surface area contributed by atoms with Crippen molar-refractivity contribution in [2.24, 2.45) is 0 Å². The minimum atomic E-state index is -3.92. The smallest absolute Gasteiger partial charge is 0.374 e. The fourth-order valence-corrected chi connectivity index (χ4v) is 3.14. The predicted octanol–water partition coefficient (Wildman–Crippen LogP) is 2.49. The molecule has 0 aromatic heterocycles. The zero-order valence-electron chi connectivity index (χ0n) is 11.6. The van der Waals surface area contributed by atoms with Crippen LogP contribution < -0.4 is 0 Å². The van der Waals surface area contributed by atoms with Crippen LogP contribution in [-0.4, -0.2) is 30.5 Å². The van der Waals surface area contributed by atoms with Crippen molar-refractivity contribution in [3.63, 3.8) is 0 Å². The van der Waals surface area contributed by atoms with E-state index >= 15 is 0 Å². The van der Waals surface area contributed by atoms with E-state index in [4.69, 9.17) is 10.2 Å². The minimum absolute atomic E-state index is 0.00190. The number of aromatic hydroxyl groups is 1. The van der Waals surface area contributed by atoms with E-state index in [1.807, 2.05) is 0 Å². The SMILES string of the molecule is O=C(O)C(F)(F)Cc1ccc(S(=O)(=O)c2ccc(O)cc2)cc1. The molecule has 2 rings (SSSR count). The van der Waals surface area contributed by atoms with E-state index < -0.39 is 28.1 Å². The summed E-state index contributed by atoms with van der Waals surface area (Å²) in [6.45, 7) is 0. The van der Waals surface area contributed by atoms with E-state index in [1.54, 1.807) is 0 Å². The van der Waals surface area contributed by atoms with Crippen molar-refractivity contribution < 1.29 is 32.2 Å². The first-order chi connectivity index (χ1) is 10.6. The zero-order valence-corrected chi connectivity index (χ0v) is 12.4. The third-order valence-corrected chi connectivity index (χ3v) is 4.91. The Morgan fingerprint density at radius 1 is 0.957 bits per heavy atom. The van der Waals surface area contributed by atoms with Gasteiger partial charge in [-0.1, -0.05) is 12.1 Å². The van der Waals surface area contributed by atoms with Gasteiger partial charge in [0, 0.05) is 6.42 Å². The number of aliphatic carboxylic acids is 1. The number of hydrogen-bond donors (Lipinski definition) is 2. The van der Waals surface area contributed by atoms with Gasteiger partial charge in [0.25, 0.3) is 0 Å². The summed E-state index contributed by atoms with van der Waals surface area (Å²) in [6, 6.07) is 9.43. The van der Waals surface area contributed by atoms with Crippen molar-refractivity contribution in [1.82, 2.24) is 0 Å². The van der Waals surface area contributed by atoms with Crippen LogP contribution in [-0.2, 0) is 21.1 Å². The summed E-state index contributed by atoms with van der Waals surface area (Å²) in [6.07, 6.45) is -1.03. The molecule has 2 aromatic rings. The van der Waals surface area contributed by atoms with Gasteiger partial charge in [0.1, 0.15) is 5.75 Å². The maximum absolute atomic E-state index is 13.1. The first-order valence-electron chi connectivity index (χ1n) is 6.37. The van der Waals surface area contributed by atoms with Crippen LogP contribution in [0.4, 0.5) is 8.78 Å². The van der Waals surface area contributed by atoms with Gasteiger partial charge in [0.2, 0.25) is 9.84 Å². The number of carbonyl (C=O) groups is 1. The number of carboxylic acids is 1. The van der Waals surface area contributed by atoms with Gasteiger partial charge in [0.15, 0.2) is 0 Å². The zero-order chi connectivity index (χ0) is 17.3. The van der Waals surface area contributed by atoms with Gasteiger partial charge in [-0.05, 0) is 42.0 Å². The summed E-state index contributed by atoms with van der Waals surface area (Å²) < 4.78 is 50.9. The lowest BCUT2D eigenvalue weighted by molar-refractivity contribution is -0.164. The van der Waals surface area contributed by atoms with Gasteiger partial charge in [-0.25, -0.2) is 13.2 Å². The van der Waals surface area contributed by atoms with Gasteiger partial charge in [-0.3, -0.25) is 0 Å². The number of carboxylic acid groups (broad SMARTS) is 1. The van der Waals surface area contributed by atoms with E-state index in [0.717, 1.165) is 24.3 Å². The number of alkyl halides is 2. The van der Waals surface area contributed by atoms with Crippen LogP contribution in [0.5, 0.6) is 5.75 Å². The molecule has 23 heavy (non-hydrogen) atoms. The number of sulfone groups is 1. The van der Waals surface area contributed by atoms with Crippen molar-refractivity contribution >= 4 is 15.8 Å². The van der Waals surface area contributed by atoms with Crippen molar-refractivity contribution in [3.05, 3.63) is 54.1 Å². The van der Waals surface area contributed by atoms with E-state index in [0.29, 0.717) is 0 Å². The van der Waals surface area contributed by atoms with Crippen LogP contribution in [0.3, 0.4) is 0 Å². The number of rotatable bonds is 5. The van der Waals surface area contributed by atoms with Crippen LogP contribution in [0.1, 0.15) is 5.56 Å². The van der Waals surface area contributed by atoms with E-state index in [-0.39, 0.29) is 21.1 Å². The van der Waals surface area contributed by atoms with Crippen LogP contribution in [0.15, 0.2) is 58.3 Å². The average molecular weight is 342 g/mol. The molecule has 0 aliphatic carbocycles. The minimum Gasteiger partial charge on any atom is -0.508 e. The molecule has 0 bridgehead atoms. The molecule has 0 unspecified atom stereocenters. The van der Waals surface area contributed by atoms with Crippen molar-refractivity contribution in [2.45, 2.75) is 22.1 Å². The number of benzene rings is 2. The molecule has 0 saturated carbocycles. The molecule has 8 heteroatoms.